The van der Waals surface area contributed by atoms with Crippen molar-refractivity contribution in [2.75, 3.05) is 6.54 Å². The average Bonchev–Trinajstić information content (AvgIpc) is 2.17. The Bertz CT molecular complexity index is 163. The Morgan fingerprint density at radius 3 is 2.27 bits per heavy atom. The molecule has 1 N–H and O–H groups in total. The van der Waals surface area contributed by atoms with Crippen LogP contribution in [0.5, 0.6) is 0 Å². The molecule has 1 unspecified atom stereocenters. The molecule has 1 heteroatoms. The molecule has 0 aliphatic heterocycles. The molecule has 0 heterocycles. The molecule has 1 aliphatic carbocycles. The lowest BCUT2D eigenvalue weighted by molar-refractivity contribution is 0.268. The van der Waals surface area contributed by atoms with Crippen LogP contribution in [0.2, 0.25) is 0 Å². The zero-order valence-corrected chi connectivity index (χ0v) is 11.1. The summed E-state index contributed by atoms with van der Waals surface area (Å²) in [6.45, 7) is 10.5. The molecule has 0 aromatic rings. The largest absolute Gasteiger partial charge is 0.314 e. The van der Waals surface area contributed by atoms with Crippen molar-refractivity contribution in [1.29, 1.82) is 0 Å². The van der Waals surface area contributed by atoms with Crippen LogP contribution in [-0.2, 0) is 0 Å². The minimum absolute atomic E-state index is 0.472. The molecule has 0 aromatic heterocycles. The molecular formula is C14H29N. The maximum atomic E-state index is 3.71. The second-order valence-electron chi connectivity index (χ2n) is 6.45. The van der Waals surface area contributed by atoms with Gasteiger partial charge >= 0.3 is 0 Å². The van der Waals surface area contributed by atoms with Gasteiger partial charge in [-0.3, -0.25) is 0 Å². The van der Waals surface area contributed by atoms with Crippen molar-refractivity contribution in [3.8, 4) is 0 Å². The molecule has 0 saturated heterocycles. The number of nitrogens with one attached hydrogen (secondary N) is 1. The predicted octanol–water partition coefficient (Wildman–Crippen LogP) is 3.98. The van der Waals surface area contributed by atoms with Crippen LogP contribution in [0, 0.1) is 11.3 Å². The highest BCUT2D eigenvalue weighted by Crippen LogP contribution is 2.26. The Morgan fingerprint density at radius 1 is 1.13 bits per heavy atom. The summed E-state index contributed by atoms with van der Waals surface area (Å²) in [5.74, 6) is 0.943. The van der Waals surface area contributed by atoms with Gasteiger partial charge in [0.1, 0.15) is 0 Å². The molecule has 0 amide bonds. The van der Waals surface area contributed by atoms with Crippen LogP contribution in [0.4, 0.5) is 0 Å². The summed E-state index contributed by atoms with van der Waals surface area (Å²) < 4.78 is 0. The normalized spacial score (nSPS) is 21.6. The molecule has 0 spiro atoms. The lowest BCUT2D eigenvalue weighted by Gasteiger charge is -2.29. The maximum absolute atomic E-state index is 3.71. The summed E-state index contributed by atoms with van der Waals surface area (Å²) in [6.07, 6.45) is 8.55. The highest BCUT2D eigenvalue weighted by atomic mass is 14.9. The van der Waals surface area contributed by atoms with Crippen LogP contribution in [0.25, 0.3) is 0 Å². The Hall–Kier alpha value is -0.0400. The number of hydrogen-bond acceptors (Lipinski definition) is 1. The van der Waals surface area contributed by atoms with Gasteiger partial charge in [-0.2, -0.15) is 0 Å². The van der Waals surface area contributed by atoms with Gasteiger partial charge in [0.25, 0.3) is 0 Å². The topological polar surface area (TPSA) is 12.0 Å². The second kappa shape index (κ2) is 5.89. The van der Waals surface area contributed by atoms with Gasteiger partial charge in [-0.15, -0.1) is 0 Å². The fourth-order valence-corrected chi connectivity index (χ4v) is 2.48. The molecule has 1 fully saturated rings. The van der Waals surface area contributed by atoms with E-state index in [4.69, 9.17) is 0 Å². The van der Waals surface area contributed by atoms with Crippen molar-refractivity contribution in [3.63, 3.8) is 0 Å². The van der Waals surface area contributed by atoms with Gasteiger partial charge in [-0.05, 0) is 44.1 Å². The Labute approximate surface area is 96.0 Å². The average molecular weight is 211 g/mol. The quantitative estimate of drug-likeness (QED) is 0.741. The van der Waals surface area contributed by atoms with E-state index in [1.165, 1.54) is 45.1 Å². The third-order valence-corrected chi connectivity index (χ3v) is 3.70. The molecule has 0 radical (unpaired) electrons. The Kier molecular flexibility index (Phi) is 5.11. The highest BCUT2D eigenvalue weighted by molar-refractivity contribution is 4.76. The molecule has 1 saturated carbocycles. The second-order valence-corrected chi connectivity index (χ2v) is 6.45. The van der Waals surface area contributed by atoms with Crippen molar-refractivity contribution < 1.29 is 0 Å². The standard InChI is InChI=1S/C14H29N/c1-12(13-8-6-5-7-9-13)15-11-10-14(2,3)4/h12-13,15H,5-11H2,1-4H3. The summed E-state index contributed by atoms with van der Waals surface area (Å²) >= 11 is 0. The first-order valence-corrected chi connectivity index (χ1v) is 6.72. The lowest BCUT2D eigenvalue weighted by Crippen LogP contribution is -2.36. The van der Waals surface area contributed by atoms with Gasteiger partial charge in [0.2, 0.25) is 0 Å². The first kappa shape index (κ1) is 13.0. The minimum atomic E-state index is 0.472. The minimum Gasteiger partial charge on any atom is -0.314 e. The van der Waals surface area contributed by atoms with E-state index in [1.807, 2.05) is 0 Å². The first-order valence-electron chi connectivity index (χ1n) is 6.72. The van der Waals surface area contributed by atoms with E-state index in [2.05, 4.69) is 33.0 Å². The van der Waals surface area contributed by atoms with Crippen molar-refractivity contribution in [3.05, 3.63) is 0 Å². The van der Waals surface area contributed by atoms with Crippen LogP contribution in [0.15, 0.2) is 0 Å². The van der Waals surface area contributed by atoms with Gasteiger partial charge in [0.15, 0.2) is 0 Å². The molecule has 1 atom stereocenters. The van der Waals surface area contributed by atoms with Crippen LogP contribution in [-0.4, -0.2) is 12.6 Å². The zero-order chi connectivity index (χ0) is 11.3. The molecule has 15 heavy (non-hydrogen) atoms. The van der Waals surface area contributed by atoms with E-state index < -0.39 is 0 Å². The van der Waals surface area contributed by atoms with E-state index in [9.17, 15) is 0 Å². The number of rotatable bonds is 4. The van der Waals surface area contributed by atoms with E-state index >= 15 is 0 Å². The molecule has 0 bridgehead atoms. The Morgan fingerprint density at radius 2 is 1.73 bits per heavy atom. The van der Waals surface area contributed by atoms with Gasteiger partial charge in [-0.1, -0.05) is 40.0 Å². The molecule has 1 aliphatic rings. The smallest absolute Gasteiger partial charge is 0.00670 e. The summed E-state index contributed by atoms with van der Waals surface area (Å²) in [5, 5.41) is 3.71. The summed E-state index contributed by atoms with van der Waals surface area (Å²) in [7, 11) is 0. The van der Waals surface area contributed by atoms with E-state index in [-0.39, 0.29) is 0 Å². The fourth-order valence-electron chi connectivity index (χ4n) is 2.48. The third-order valence-electron chi connectivity index (χ3n) is 3.70. The summed E-state index contributed by atoms with van der Waals surface area (Å²) in [5.41, 5.74) is 0.472. The van der Waals surface area contributed by atoms with Gasteiger partial charge < -0.3 is 5.32 Å². The molecule has 0 aromatic carbocycles. The van der Waals surface area contributed by atoms with E-state index in [0.717, 1.165) is 12.0 Å². The van der Waals surface area contributed by atoms with Crippen molar-refractivity contribution in [1.82, 2.24) is 5.32 Å². The van der Waals surface area contributed by atoms with Crippen molar-refractivity contribution >= 4 is 0 Å². The van der Waals surface area contributed by atoms with Crippen molar-refractivity contribution in [2.24, 2.45) is 11.3 Å². The van der Waals surface area contributed by atoms with Gasteiger partial charge in [0.05, 0.1) is 0 Å². The van der Waals surface area contributed by atoms with E-state index in [1.54, 1.807) is 0 Å². The van der Waals surface area contributed by atoms with Crippen LogP contribution in [0.1, 0.15) is 66.2 Å². The SMILES string of the molecule is CC(NCCC(C)(C)C)C1CCCCC1. The summed E-state index contributed by atoms with van der Waals surface area (Å²) in [6, 6.07) is 0.729. The van der Waals surface area contributed by atoms with Gasteiger partial charge in [0, 0.05) is 6.04 Å². The highest BCUT2D eigenvalue weighted by Gasteiger charge is 2.19. The summed E-state index contributed by atoms with van der Waals surface area (Å²) in [4.78, 5) is 0. The van der Waals surface area contributed by atoms with E-state index in [0.29, 0.717) is 5.41 Å². The zero-order valence-electron chi connectivity index (χ0n) is 11.1. The first-order chi connectivity index (χ1) is 6.99. The molecular weight excluding hydrogens is 182 g/mol. The molecule has 1 rings (SSSR count). The number of hydrogen-bond donors (Lipinski definition) is 1. The van der Waals surface area contributed by atoms with Gasteiger partial charge in [-0.25, -0.2) is 0 Å². The van der Waals surface area contributed by atoms with Crippen LogP contribution < -0.4 is 5.32 Å². The fraction of sp³-hybridized carbons (Fsp3) is 1.00. The van der Waals surface area contributed by atoms with Crippen molar-refractivity contribution in [2.45, 2.75) is 72.3 Å². The predicted molar refractivity (Wildman–Crippen MR) is 68.1 cm³/mol. The lowest BCUT2D eigenvalue weighted by atomic mass is 9.84. The third kappa shape index (κ3) is 5.55. The van der Waals surface area contributed by atoms with Crippen LogP contribution >= 0.6 is 0 Å². The Balaban J connectivity index is 2.14. The molecule has 1 nitrogen and oxygen atoms in total. The van der Waals surface area contributed by atoms with Crippen LogP contribution in [0.3, 0.4) is 0 Å². The maximum Gasteiger partial charge on any atom is 0.00670 e. The molecule has 90 valence electrons. The monoisotopic (exact) mass is 211 g/mol.